The van der Waals surface area contributed by atoms with Crippen LogP contribution in [-0.2, 0) is 0 Å². The Hall–Kier alpha value is -6.11. The molecule has 4 aromatic heterocycles. The van der Waals surface area contributed by atoms with Gasteiger partial charge in [-0.2, -0.15) is 0 Å². The van der Waals surface area contributed by atoms with Crippen LogP contribution in [0.3, 0.4) is 0 Å². The minimum absolute atomic E-state index is 0.0672. The molecule has 11 nitrogen and oxygen atoms in total. The summed E-state index contributed by atoms with van der Waals surface area (Å²) >= 11 is 23.8. The standard InChI is InChI=1S/C20H14Cl2N4O.C10H9NO.C7H4Cl2O.C4H5N3/c21-13-5-7-16(22)15(11-13)18(26-20-24-9-2-10-25-20)14-6-4-12-3-1-8-23-17(12)19(14)27;1-7-5-8-3-2-4-11-10(8)9(12)6-7;8-6-1-2-7(9)5(3-6)4-10;5-4-6-2-1-3-7-4/h1-11,18,27H,(H,24,25,26);2-6,12H,1H3;1-4H;1-3H,(H2,5,6,7). The SMILES string of the molecule is Cc1cc(O)c2ncccc2c1.Nc1ncccn1.O=Cc1cc(Cl)ccc1Cl.Oc1c(C(Nc2ncccn2)c2cc(Cl)ccc2Cl)ccc2cccnc12. The number of aryl methyl sites for hydroxylation is 1. The number of fused-ring (bicyclic) bond motifs is 2. The van der Waals surface area contributed by atoms with Crippen molar-refractivity contribution < 1.29 is 15.0 Å². The Morgan fingerprint density at radius 3 is 1.84 bits per heavy atom. The third-order valence-corrected chi connectivity index (χ3v) is 8.86. The van der Waals surface area contributed by atoms with Crippen molar-refractivity contribution in [3.8, 4) is 11.5 Å². The van der Waals surface area contributed by atoms with Gasteiger partial charge in [0.25, 0.3) is 0 Å². The number of nitrogens with one attached hydrogen (secondary N) is 1. The Kier molecular flexibility index (Phi) is 14.7. The Balaban J connectivity index is 0.000000169. The van der Waals surface area contributed by atoms with Gasteiger partial charge in [0.1, 0.15) is 22.5 Å². The number of nitrogens with two attached hydrogens (primary N) is 1. The number of hydrogen-bond acceptors (Lipinski definition) is 11. The average molecular weight is 827 g/mol. The van der Waals surface area contributed by atoms with Gasteiger partial charge in [-0.3, -0.25) is 14.8 Å². The number of pyridine rings is 2. The summed E-state index contributed by atoms with van der Waals surface area (Å²) in [5.74, 6) is 1.05. The van der Waals surface area contributed by atoms with Crippen LogP contribution in [0, 0.1) is 6.92 Å². The van der Waals surface area contributed by atoms with Gasteiger partial charge in [-0.15, -0.1) is 0 Å². The summed E-state index contributed by atoms with van der Waals surface area (Å²) in [6.07, 6.45) is 10.5. The predicted molar refractivity (Wildman–Crippen MR) is 224 cm³/mol. The monoisotopic (exact) mass is 824 g/mol. The van der Waals surface area contributed by atoms with Crippen LogP contribution in [0.4, 0.5) is 11.9 Å². The molecule has 56 heavy (non-hydrogen) atoms. The lowest BCUT2D eigenvalue weighted by atomic mass is 9.96. The minimum atomic E-state index is -0.523. The van der Waals surface area contributed by atoms with Gasteiger partial charge in [-0.05, 0) is 90.8 Å². The van der Waals surface area contributed by atoms with E-state index >= 15 is 0 Å². The predicted octanol–water partition coefficient (Wildman–Crippen LogP) is 10.4. The number of rotatable bonds is 5. The largest absolute Gasteiger partial charge is 0.506 e. The maximum atomic E-state index is 10.9. The molecule has 0 fully saturated rings. The number of hydrogen-bond donors (Lipinski definition) is 4. The molecule has 0 aliphatic carbocycles. The lowest BCUT2D eigenvalue weighted by molar-refractivity contribution is 0.112. The first kappa shape index (κ1) is 41.1. The highest BCUT2D eigenvalue weighted by atomic mass is 35.5. The van der Waals surface area contributed by atoms with Crippen molar-refractivity contribution in [1.82, 2.24) is 29.9 Å². The highest BCUT2D eigenvalue weighted by Crippen LogP contribution is 2.39. The van der Waals surface area contributed by atoms with Crippen molar-refractivity contribution in [3.63, 3.8) is 0 Å². The van der Waals surface area contributed by atoms with E-state index in [1.54, 1.807) is 85.7 Å². The van der Waals surface area contributed by atoms with Crippen LogP contribution in [0.5, 0.6) is 11.5 Å². The topological polar surface area (TPSA) is 173 Å². The number of benzene rings is 4. The van der Waals surface area contributed by atoms with Crippen molar-refractivity contribution >= 4 is 86.4 Å². The van der Waals surface area contributed by atoms with Crippen molar-refractivity contribution in [2.24, 2.45) is 0 Å². The Labute approximate surface area is 341 Å². The Morgan fingerprint density at radius 1 is 0.625 bits per heavy atom. The molecule has 4 aromatic carbocycles. The summed E-state index contributed by atoms with van der Waals surface area (Å²) in [6, 6.07) is 27.8. The number of nitrogen functional groups attached to an aromatic ring is 1. The quantitative estimate of drug-likeness (QED) is 0.122. The second-order valence-corrected chi connectivity index (χ2v) is 13.3. The van der Waals surface area contributed by atoms with E-state index in [4.69, 9.17) is 52.1 Å². The summed E-state index contributed by atoms with van der Waals surface area (Å²) in [5.41, 5.74) is 9.08. The zero-order chi connectivity index (χ0) is 40.0. The summed E-state index contributed by atoms with van der Waals surface area (Å²) in [6.45, 7) is 1.95. The highest BCUT2D eigenvalue weighted by Gasteiger charge is 2.23. The summed E-state index contributed by atoms with van der Waals surface area (Å²) in [7, 11) is 0. The third kappa shape index (κ3) is 11.2. The zero-order valence-corrected chi connectivity index (χ0v) is 32.5. The van der Waals surface area contributed by atoms with Gasteiger partial charge >= 0.3 is 0 Å². The van der Waals surface area contributed by atoms with Gasteiger partial charge in [0.05, 0.1) is 11.1 Å². The molecule has 1 unspecified atom stereocenters. The van der Waals surface area contributed by atoms with Gasteiger partial charge in [0, 0.05) is 74.1 Å². The molecular weight excluding hydrogens is 794 g/mol. The van der Waals surface area contributed by atoms with Crippen LogP contribution in [0.2, 0.25) is 20.1 Å². The highest BCUT2D eigenvalue weighted by molar-refractivity contribution is 6.35. The molecule has 0 radical (unpaired) electrons. The number of aromatic hydroxyl groups is 2. The maximum absolute atomic E-state index is 10.9. The van der Waals surface area contributed by atoms with E-state index in [9.17, 15) is 15.0 Å². The number of aromatic nitrogens is 6. The normalized spacial score (nSPS) is 10.8. The molecule has 0 aliphatic heterocycles. The van der Waals surface area contributed by atoms with E-state index in [-0.39, 0.29) is 11.5 Å². The van der Waals surface area contributed by atoms with E-state index < -0.39 is 6.04 Å². The van der Waals surface area contributed by atoms with E-state index in [1.165, 1.54) is 6.07 Å². The average Bonchev–Trinajstić information content (AvgIpc) is 3.21. The first-order valence-electron chi connectivity index (χ1n) is 16.6. The molecule has 0 spiro atoms. The van der Waals surface area contributed by atoms with Gasteiger partial charge in [-0.25, -0.2) is 19.9 Å². The van der Waals surface area contributed by atoms with Crippen molar-refractivity contribution in [3.05, 3.63) is 177 Å². The number of halogens is 4. The molecule has 8 rings (SSSR count). The molecule has 8 aromatic rings. The summed E-state index contributed by atoms with van der Waals surface area (Å²) in [4.78, 5) is 34.3. The number of phenols is 2. The summed E-state index contributed by atoms with van der Waals surface area (Å²) < 4.78 is 0. The molecule has 0 aliphatic rings. The van der Waals surface area contributed by atoms with Crippen LogP contribution >= 0.6 is 46.4 Å². The molecule has 0 amide bonds. The second kappa shape index (κ2) is 20.0. The number of anilines is 2. The van der Waals surface area contributed by atoms with Gasteiger partial charge in [0.2, 0.25) is 11.9 Å². The van der Waals surface area contributed by atoms with Gasteiger partial charge in [-0.1, -0.05) is 70.7 Å². The van der Waals surface area contributed by atoms with Crippen molar-refractivity contribution in [2.45, 2.75) is 13.0 Å². The molecule has 5 N–H and O–H groups in total. The molecule has 1 atom stereocenters. The summed E-state index contributed by atoms with van der Waals surface area (Å²) in [5, 5.41) is 27.4. The third-order valence-electron chi connectivity index (χ3n) is 7.70. The minimum Gasteiger partial charge on any atom is -0.506 e. The number of aldehydes is 1. The van der Waals surface area contributed by atoms with Crippen LogP contribution in [0.1, 0.15) is 33.1 Å². The fourth-order valence-corrected chi connectivity index (χ4v) is 5.92. The first-order valence-corrected chi connectivity index (χ1v) is 18.1. The number of carbonyl (C=O) groups excluding carboxylic acids is 1. The van der Waals surface area contributed by atoms with Crippen LogP contribution in [0.25, 0.3) is 21.8 Å². The number of phenolic OH excluding ortho intramolecular Hbond substituents is 2. The Morgan fingerprint density at radius 2 is 1.21 bits per heavy atom. The number of nitrogens with zero attached hydrogens (tertiary/aromatic N) is 6. The van der Waals surface area contributed by atoms with E-state index in [0.29, 0.717) is 66.0 Å². The molecule has 0 saturated heterocycles. The molecular formula is C41H32Cl4N8O3. The maximum Gasteiger partial charge on any atom is 0.223 e. The van der Waals surface area contributed by atoms with Gasteiger partial charge in [0.15, 0.2) is 6.29 Å². The molecule has 0 saturated carbocycles. The molecule has 15 heteroatoms. The van der Waals surface area contributed by atoms with Crippen LogP contribution < -0.4 is 11.1 Å². The number of carbonyl (C=O) groups is 1. The molecule has 4 heterocycles. The van der Waals surface area contributed by atoms with E-state index in [0.717, 1.165) is 16.3 Å². The molecule has 0 bridgehead atoms. The second-order valence-electron chi connectivity index (χ2n) is 11.6. The Bertz CT molecular complexity index is 2550. The smallest absolute Gasteiger partial charge is 0.223 e. The fraction of sp³-hybridized carbons (Fsp3) is 0.0488. The van der Waals surface area contributed by atoms with E-state index in [1.807, 2.05) is 49.4 Å². The van der Waals surface area contributed by atoms with Crippen molar-refractivity contribution in [1.29, 1.82) is 0 Å². The van der Waals surface area contributed by atoms with Gasteiger partial charge < -0.3 is 21.3 Å². The van der Waals surface area contributed by atoms with Crippen LogP contribution in [-0.4, -0.2) is 46.4 Å². The fourth-order valence-electron chi connectivity index (χ4n) is 5.17. The van der Waals surface area contributed by atoms with Crippen molar-refractivity contribution in [2.75, 3.05) is 11.1 Å². The zero-order valence-electron chi connectivity index (χ0n) is 29.4. The first-order chi connectivity index (χ1) is 27.0. The molecule has 282 valence electrons. The lowest BCUT2D eigenvalue weighted by Crippen LogP contribution is -2.15. The lowest BCUT2D eigenvalue weighted by Gasteiger charge is -2.22. The van der Waals surface area contributed by atoms with Crippen LogP contribution in [0.15, 0.2) is 134 Å². The van der Waals surface area contributed by atoms with E-state index in [2.05, 4.69) is 35.2 Å².